The van der Waals surface area contributed by atoms with Crippen LogP contribution < -0.4 is 5.32 Å². The van der Waals surface area contributed by atoms with Crippen molar-refractivity contribution in [3.05, 3.63) is 107 Å². The molecule has 5 aromatic rings. The minimum atomic E-state index is -3.76. The van der Waals surface area contributed by atoms with Crippen LogP contribution in [0.3, 0.4) is 0 Å². The van der Waals surface area contributed by atoms with Gasteiger partial charge in [-0.05, 0) is 91.3 Å². The number of carbonyl (C=O) groups is 1. The molecule has 4 heterocycles. The molecule has 46 heavy (non-hydrogen) atoms. The zero-order valence-corrected chi connectivity index (χ0v) is 27.5. The Morgan fingerprint density at radius 1 is 1.07 bits per heavy atom. The van der Waals surface area contributed by atoms with Gasteiger partial charge in [0.15, 0.2) is 0 Å². The number of hydrogen-bond acceptors (Lipinski definition) is 7. The molecule has 0 radical (unpaired) electrons. The predicted molar refractivity (Wildman–Crippen MR) is 178 cm³/mol. The highest BCUT2D eigenvalue weighted by Gasteiger charge is 2.34. The van der Waals surface area contributed by atoms with Crippen LogP contribution in [0.5, 0.6) is 0 Å². The summed E-state index contributed by atoms with van der Waals surface area (Å²) in [4.78, 5) is 22.4. The van der Waals surface area contributed by atoms with E-state index in [0.717, 1.165) is 45.3 Å². The fraction of sp³-hybridized carbons (Fsp3) is 0.343. The van der Waals surface area contributed by atoms with E-state index in [9.17, 15) is 13.2 Å². The first-order valence-electron chi connectivity index (χ1n) is 15.8. The smallest absolute Gasteiger partial charge is 0.245 e. The average Bonchev–Trinajstić information content (AvgIpc) is 3.45. The van der Waals surface area contributed by atoms with Crippen molar-refractivity contribution in [3.8, 4) is 0 Å². The van der Waals surface area contributed by atoms with E-state index >= 15 is 0 Å². The number of nitrogens with one attached hydrogen (secondary N) is 1. The summed E-state index contributed by atoms with van der Waals surface area (Å²) in [5, 5.41) is 11.8. The Hall–Kier alpha value is -4.48. The van der Waals surface area contributed by atoms with E-state index in [1.54, 1.807) is 41.1 Å². The molecule has 238 valence electrons. The summed E-state index contributed by atoms with van der Waals surface area (Å²) in [6, 6.07) is 17.1. The molecule has 2 aromatic carbocycles. The molecule has 2 atom stereocenters. The Bertz CT molecular complexity index is 1990. The van der Waals surface area contributed by atoms with Gasteiger partial charge in [0.2, 0.25) is 15.9 Å². The maximum absolute atomic E-state index is 14.0. The zero-order chi connectivity index (χ0) is 32.4. The topological polar surface area (TPSA) is 123 Å². The highest BCUT2D eigenvalue weighted by molar-refractivity contribution is 7.89. The summed E-state index contributed by atoms with van der Waals surface area (Å²) >= 11 is 0. The molecule has 1 amide bonds. The van der Waals surface area contributed by atoms with Gasteiger partial charge >= 0.3 is 0 Å². The molecule has 1 aliphatic heterocycles. The van der Waals surface area contributed by atoms with Gasteiger partial charge in [0.05, 0.1) is 23.1 Å². The molecule has 0 saturated heterocycles. The maximum atomic E-state index is 14.0. The van der Waals surface area contributed by atoms with Crippen molar-refractivity contribution in [1.29, 1.82) is 0 Å². The molecule has 0 unspecified atom stereocenters. The Morgan fingerprint density at radius 3 is 2.65 bits per heavy atom. The maximum Gasteiger partial charge on any atom is 0.245 e. The summed E-state index contributed by atoms with van der Waals surface area (Å²) in [6.45, 7) is 9.48. The third-order valence-corrected chi connectivity index (χ3v) is 11.0. The van der Waals surface area contributed by atoms with Gasteiger partial charge in [-0.15, -0.1) is 5.10 Å². The lowest BCUT2D eigenvalue weighted by molar-refractivity contribution is -0.116. The van der Waals surface area contributed by atoms with Gasteiger partial charge < -0.3 is 5.32 Å². The Labute approximate surface area is 269 Å². The third-order valence-electron chi connectivity index (χ3n) is 9.10. The van der Waals surface area contributed by atoms with Crippen molar-refractivity contribution >= 4 is 32.7 Å². The van der Waals surface area contributed by atoms with Gasteiger partial charge in [0, 0.05) is 44.4 Å². The molecule has 0 aliphatic carbocycles. The summed E-state index contributed by atoms with van der Waals surface area (Å²) < 4.78 is 31.4. The molecular weight excluding hydrogens is 598 g/mol. The van der Waals surface area contributed by atoms with Gasteiger partial charge in [-0.25, -0.2) is 13.1 Å². The number of anilines is 1. The standard InChI is InChI=1S/C35H39N7O3S/c1-5-25-17-31-33(10-8-16-37-31)46(44,45)41(21-25)22-27-18-26(12-11-23(27)3)30(19-34(43)38-28-9-7-15-36-20-28)29-13-14-32-35(24(29)4)39-40-42(32)6-2/h7-16,18,20,25,30H,5-6,17,19,21-22H2,1-4H3,(H,38,43)/t25-,30-/m0/s1. The zero-order valence-electron chi connectivity index (χ0n) is 26.6. The van der Waals surface area contributed by atoms with Crippen LogP contribution in [0.2, 0.25) is 0 Å². The molecule has 0 fully saturated rings. The largest absolute Gasteiger partial charge is 0.325 e. The average molecular weight is 638 g/mol. The van der Waals surface area contributed by atoms with E-state index < -0.39 is 10.0 Å². The molecule has 6 rings (SSSR count). The number of hydrogen-bond donors (Lipinski definition) is 1. The molecule has 0 spiro atoms. The van der Waals surface area contributed by atoms with Crippen LogP contribution in [0.25, 0.3) is 11.0 Å². The lowest BCUT2D eigenvalue weighted by Crippen LogP contribution is -2.33. The van der Waals surface area contributed by atoms with Crippen LogP contribution in [-0.2, 0) is 34.3 Å². The molecule has 11 heteroatoms. The monoisotopic (exact) mass is 637 g/mol. The van der Waals surface area contributed by atoms with Gasteiger partial charge in [0.25, 0.3) is 0 Å². The predicted octanol–water partition coefficient (Wildman–Crippen LogP) is 5.79. The SMILES string of the molecule is CC[C@H]1Cc2ncccc2S(=O)(=O)N(Cc2cc([C@H](CC(=O)Nc3cccnc3)c3ccc4c(nnn4CC)c3C)ccc2C)C1. The van der Waals surface area contributed by atoms with Crippen molar-refractivity contribution in [2.24, 2.45) is 5.92 Å². The van der Waals surface area contributed by atoms with Crippen molar-refractivity contribution in [3.63, 3.8) is 0 Å². The number of fused-ring (bicyclic) bond motifs is 2. The molecule has 0 bridgehead atoms. The van der Waals surface area contributed by atoms with E-state index in [0.29, 0.717) is 30.9 Å². The van der Waals surface area contributed by atoms with E-state index in [2.05, 4.69) is 44.7 Å². The minimum absolute atomic E-state index is 0.151. The van der Waals surface area contributed by atoms with Crippen molar-refractivity contribution in [2.75, 3.05) is 11.9 Å². The molecule has 0 saturated carbocycles. The van der Waals surface area contributed by atoms with Crippen molar-refractivity contribution in [2.45, 2.75) is 70.9 Å². The quantitative estimate of drug-likeness (QED) is 0.217. The van der Waals surface area contributed by atoms with Gasteiger partial charge in [-0.3, -0.25) is 14.8 Å². The summed E-state index contributed by atoms with van der Waals surface area (Å²) in [5.74, 6) is -0.313. The minimum Gasteiger partial charge on any atom is -0.325 e. The molecule has 1 N–H and O–H groups in total. The second-order valence-electron chi connectivity index (χ2n) is 12.0. The molecule has 1 aliphatic rings. The van der Waals surface area contributed by atoms with Crippen LogP contribution in [0.1, 0.15) is 66.1 Å². The highest BCUT2D eigenvalue weighted by atomic mass is 32.2. The number of nitrogens with zero attached hydrogens (tertiary/aromatic N) is 6. The second-order valence-corrected chi connectivity index (χ2v) is 13.9. The number of carbonyl (C=O) groups excluding carboxylic acids is 1. The van der Waals surface area contributed by atoms with Crippen LogP contribution in [-0.4, -0.2) is 50.1 Å². The number of pyridine rings is 2. The van der Waals surface area contributed by atoms with Crippen LogP contribution in [0.4, 0.5) is 5.69 Å². The fourth-order valence-electron chi connectivity index (χ4n) is 6.40. The van der Waals surface area contributed by atoms with Gasteiger partial charge in [-0.2, -0.15) is 4.31 Å². The van der Waals surface area contributed by atoms with Crippen LogP contribution >= 0.6 is 0 Å². The Kier molecular flexibility index (Phi) is 8.97. The summed E-state index contributed by atoms with van der Waals surface area (Å²) in [6.07, 6.45) is 6.59. The van der Waals surface area contributed by atoms with E-state index in [1.807, 2.05) is 49.7 Å². The first-order chi connectivity index (χ1) is 22.2. The number of rotatable bonds is 9. The number of sulfonamides is 1. The first kappa shape index (κ1) is 31.5. The fourth-order valence-corrected chi connectivity index (χ4v) is 8.08. The molecule has 10 nitrogen and oxygen atoms in total. The van der Waals surface area contributed by atoms with E-state index in [1.165, 1.54) is 0 Å². The molecule has 3 aromatic heterocycles. The highest BCUT2D eigenvalue weighted by Crippen LogP contribution is 2.36. The third kappa shape index (κ3) is 6.17. The number of amides is 1. The lowest BCUT2D eigenvalue weighted by atomic mass is 9.84. The Morgan fingerprint density at radius 2 is 1.89 bits per heavy atom. The number of aryl methyl sites for hydroxylation is 3. The van der Waals surface area contributed by atoms with E-state index in [4.69, 9.17) is 0 Å². The van der Waals surface area contributed by atoms with Gasteiger partial charge in [0.1, 0.15) is 10.4 Å². The van der Waals surface area contributed by atoms with Crippen molar-refractivity contribution in [1.82, 2.24) is 29.3 Å². The summed E-state index contributed by atoms with van der Waals surface area (Å²) in [5.41, 5.74) is 7.75. The van der Waals surface area contributed by atoms with E-state index in [-0.39, 0.29) is 35.6 Å². The van der Waals surface area contributed by atoms with Crippen LogP contribution in [0, 0.1) is 19.8 Å². The number of benzene rings is 2. The number of aromatic nitrogens is 5. The molecular formula is C35H39N7O3S. The van der Waals surface area contributed by atoms with Gasteiger partial charge in [-0.1, -0.05) is 42.8 Å². The van der Waals surface area contributed by atoms with Crippen molar-refractivity contribution < 1.29 is 13.2 Å². The second kappa shape index (κ2) is 13.1. The Balaban J connectivity index is 1.40. The van der Waals surface area contributed by atoms with Crippen LogP contribution in [0.15, 0.2) is 78.1 Å². The normalized spacial score (nSPS) is 16.9. The lowest BCUT2D eigenvalue weighted by Gasteiger charge is -2.25. The first-order valence-corrected chi connectivity index (χ1v) is 17.2. The summed E-state index contributed by atoms with van der Waals surface area (Å²) in [7, 11) is -3.76.